The molecule has 0 saturated carbocycles. The number of hydrogen-bond donors (Lipinski definition) is 2. The molecule has 1 atom stereocenters. The Morgan fingerprint density at radius 2 is 1.86 bits per heavy atom. The summed E-state index contributed by atoms with van der Waals surface area (Å²) in [6.07, 6.45) is 1.28. The number of anilines is 1. The number of furan rings is 1. The zero-order valence-corrected chi connectivity index (χ0v) is 15.8. The summed E-state index contributed by atoms with van der Waals surface area (Å²) in [7, 11) is 0. The van der Waals surface area contributed by atoms with Crippen LogP contribution in [0.2, 0.25) is 0 Å². The summed E-state index contributed by atoms with van der Waals surface area (Å²) in [5.41, 5.74) is 0.919. The van der Waals surface area contributed by atoms with Gasteiger partial charge in [0.2, 0.25) is 5.78 Å². The molecule has 2 aromatic heterocycles. The fourth-order valence-corrected chi connectivity index (χ4v) is 3.99. The van der Waals surface area contributed by atoms with Crippen molar-refractivity contribution in [1.29, 1.82) is 0 Å². The van der Waals surface area contributed by atoms with Crippen molar-refractivity contribution in [3.63, 3.8) is 0 Å². The number of amides is 1. The van der Waals surface area contributed by atoms with Gasteiger partial charge in [0.25, 0.3) is 5.91 Å². The van der Waals surface area contributed by atoms with Crippen LogP contribution in [0.5, 0.6) is 0 Å². The number of aliphatic hydroxyl groups is 1. The first kappa shape index (κ1) is 18.7. The summed E-state index contributed by atoms with van der Waals surface area (Å²) in [4.78, 5) is 38.5. The van der Waals surface area contributed by atoms with E-state index in [0.717, 1.165) is 0 Å². The Bertz CT molecular complexity index is 1100. The van der Waals surface area contributed by atoms with Crippen molar-refractivity contribution in [2.24, 2.45) is 0 Å². The Morgan fingerprint density at radius 1 is 1.10 bits per heavy atom. The molecule has 3 aromatic rings. The zero-order chi connectivity index (χ0) is 20.5. The molecule has 0 radical (unpaired) electrons. The number of thiophene rings is 1. The van der Waals surface area contributed by atoms with Gasteiger partial charge in [0, 0.05) is 5.69 Å². The van der Waals surface area contributed by atoms with Gasteiger partial charge in [0.1, 0.15) is 11.8 Å². The minimum atomic E-state index is -0.966. The lowest BCUT2D eigenvalue weighted by Gasteiger charge is -2.25. The molecule has 1 aromatic carbocycles. The highest BCUT2D eigenvalue weighted by atomic mass is 32.1. The van der Waals surface area contributed by atoms with Gasteiger partial charge >= 0.3 is 5.97 Å². The van der Waals surface area contributed by atoms with Crippen molar-refractivity contribution < 1.29 is 29.0 Å². The molecule has 0 saturated heterocycles. The summed E-state index contributed by atoms with van der Waals surface area (Å²) >= 11 is 1.21. The van der Waals surface area contributed by atoms with Crippen LogP contribution < -0.4 is 4.90 Å². The molecule has 4 rings (SSSR count). The monoisotopic (exact) mass is 409 g/mol. The van der Waals surface area contributed by atoms with Gasteiger partial charge in [-0.2, -0.15) is 0 Å². The van der Waals surface area contributed by atoms with E-state index in [0.29, 0.717) is 21.9 Å². The second kappa shape index (κ2) is 7.40. The fraction of sp³-hybridized carbons (Fsp3) is 0.0952. The quantitative estimate of drug-likeness (QED) is 0.600. The second-order valence-corrected chi connectivity index (χ2v) is 7.35. The molecule has 3 heterocycles. The van der Waals surface area contributed by atoms with E-state index in [1.807, 2.05) is 0 Å². The number of ketones is 1. The van der Waals surface area contributed by atoms with E-state index in [2.05, 4.69) is 0 Å². The lowest BCUT2D eigenvalue weighted by atomic mass is 10.00. The van der Waals surface area contributed by atoms with Crippen molar-refractivity contribution in [1.82, 2.24) is 0 Å². The molecule has 7 nitrogen and oxygen atoms in total. The summed E-state index contributed by atoms with van der Waals surface area (Å²) in [6.45, 7) is 0. The first-order valence-electron chi connectivity index (χ1n) is 8.66. The summed E-state index contributed by atoms with van der Waals surface area (Å²) in [6, 6.07) is 12.0. The van der Waals surface area contributed by atoms with Crippen LogP contribution in [-0.4, -0.2) is 27.9 Å². The van der Waals surface area contributed by atoms with Crippen molar-refractivity contribution in [3.05, 3.63) is 87.7 Å². The predicted octanol–water partition coefficient (Wildman–Crippen LogP) is 3.75. The van der Waals surface area contributed by atoms with Crippen molar-refractivity contribution in [2.45, 2.75) is 12.5 Å². The Kier molecular flexibility index (Phi) is 4.77. The van der Waals surface area contributed by atoms with Crippen LogP contribution in [0.15, 0.2) is 75.9 Å². The number of benzene rings is 1. The van der Waals surface area contributed by atoms with Crippen LogP contribution in [0, 0.1) is 0 Å². The average Bonchev–Trinajstić information content (AvgIpc) is 3.44. The van der Waals surface area contributed by atoms with E-state index in [1.54, 1.807) is 53.9 Å². The molecular formula is C21H15NO6S. The number of aliphatic hydroxyl groups excluding tert-OH is 1. The number of hydrogen-bond acceptors (Lipinski definition) is 6. The molecule has 1 unspecified atom stereocenters. The zero-order valence-electron chi connectivity index (χ0n) is 14.9. The lowest BCUT2D eigenvalue weighted by Crippen LogP contribution is -2.30. The van der Waals surface area contributed by atoms with Gasteiger partial charge in [0.05, 0.1) is 23.1 Å². The van der Waals surface area contributed by atoms with E-state index in [-0.39, 0.29) is 12.0 Å². The minimum Gasteiger partial charge on any atom is -0.503 e. The Morgan fingerprint density at radius 3 is 2.45 bits per heavy atom. The number of carboxylic acid groups (broad SMARTS) is 1. The number of carbonyl (C=O) groups is 3. The first-order valence-corrected chi connectivity index (χ1v) is 9.54. The number of carboxylic acids is 1. The normalized spacial score (nSPS) is 16.5. The summed E-state index contributed by atoms with van der Waals surface area (Å²) in [5.74, 6) is -2.43. The standard InChI is InChI=1S/C21H15NO6S/c23-16(24)11-12-5-7-13(8-6-12)22-18(14-3-1-9-28-14)17(20(26)21(22)27)19(25)15-4-2-10-29-15/h1-10,18,26H,11H2,(H,23,24). The molecule has 1 aliphatic rings. The SMILES string of the molecule is O=C(O)Cc1ccc(N2C(=O)C(O)=C(C(=O)c3cccs3)C2c2ccco2)cc1. The smallest absolute Gasteiger partial charge is 0.307 e. The predicted molar refractivity (Wildman–Crippen MR) is 105 cm³/mol. The Hall–Kier alpha value is -3.65. The molecule has 29 heavy (non-hydrogen) atoms. The van der Waals surface area contributed by atoms with E-state index in [9.17, 15) is 19.5 Å². The van der Waals surface area contributed by atoms with Crippen molar-refractivity contribution >= 4 is 34.7 Å². The van der Waals surface area contributed by atoms with Gasteiger partial charge in [-0.15, -0.1) is 11.3 Å². The molecular weight excluding hydrogens is 394 g/mol. The van der Waals surface area contributed by atoms with Crippen LogP contribution in [0.1, 0.15) is 27.0 Å². The number of carbonyl (C=O) groups excluding carboxylic acids is 2. The summed E-state index contributed by atoms with van der Waals surface area (Å²) in [5, 5.41) is 21.2. The topological polar surface area (TPSA) is 108 Å². The number of aliphatic carboxylic acids is 1. The minimum absolute atomic E-state index is 0.0537. The van der Waals surface area contributed by atoms with Gasteiger partial charge in [-0.3, -0.25) is 19.3 Å². The van der Waals surface area contributed by atoms with Crippen LogP contribution >= 0.6 is 11.3 Å². The average molecular weight is 409 g/mol. The molecule has 8 heteroatoms. The molecule has 0 bridgehead atoms. The van der Waals surface area contributed by atoms with E-state index in [4.69, 9.17) is 9.52 Å². The second-order valence-electron chi connectivity index (χ2n) is 6.40. The highest BCUT2D eigenvalue weighted by molar-refractivity contribution is 7.12. The first-order chi connectivity index (χ1) is 14.0. The Balaban J connectivity index is 1.77. The molecule has 146 valence electrons. The number of Topliss-reactive ketones (excluding diaryl/α,β-unsaturated/α-hetero) is 1. The van der Waals surface area contributed by atoms with Gasteiger partial charge in [-0.1, -0.05) is 18.2 Å². The number of rotatable bonds is 6. The van der Waals surface area contributed by atoms with Crippen molar-refractivity contribution in [2.75, 3.05) is 4.90 Å². The third kappa shape index (κ3) is 3.34. The van der Waals surface area contributed by atoms with E-state index < -0.39 is 29.5 Å². The van der Waals surface area contributed by atoms with Gasteiger partial charge in [0.15, 0.2) is 5.76 Å². The van der Waals surface area contributed by atoms with E-state index in [1.165, 1.54) is 22.5 Å². The third-order valence-corrected chi connectivity index (χ3v) is 5.45. The molecule has 1 amide bonds. The molecule has 2 N–H and O–H groups in total. The highest BCUT2D eigenvalue weighted by Gasteiger charge is 2.46. The maximum Gasteiger partial charge on any atom is 0.307 e. The molecule has 0 fully saturated rings. The Labute approximate surface area is 169 Å². The van der Waals surface area contributed by atoms with Crippen LogP contribution in [0.25, 0.3) is 0 Å². The van der Waals surface area contributed by atoms with Crippen molar-refractivity contribution in [3.8, 4) is 0 Å². The summed E-state index contributed by atoms with van der Waals surface area (Å²) < 4.78 is 5.47. The number of nitrogens with zero attached hydrogens (tertiary/aromatic N) is 1. The van der Waals surface area contributed by atoms with E-state index >= 15 is 0 Å². The van der Waals surface area contributed by atoms with Gasteiger partial charge in [-0.05, 0) is 41.3 Å². The lowest BCUT2D eigenvalue weighted by molar-refractivity contribution is -0.136. The van der Waals surface area contributed by atoms with Crippen LogP contribution in [0.3, 0.4) is 0 Å². The molecule has 0 spiro atoms. The highest BCUT2D eigenvalue weighted by Crippen LogP contribution is 2.42. The van der Waals surface area contributed by atoms with Gasteiger partial charge in [-0.25, -0.2) is 0 Å². The maximum absolute atomic E-state index is 13.0. The van der Waals surface area contributed by atoms with Gasteiger partial charge < -0.3 is 14.6 Å². The van der Waals surface area contributed by atoms with Crippen LogP contribution in [-0.2, 0) is 16.0 Å². The van der Waals surface area contributed by atoms with Crippen LogP contribution in [0.4, 0.5) is 5.69 Å². The fourth-order valence-electron chi connectivity index (χ4n) is 3.31. The molecule has 1 aliphatic heterocycles. The third-order valence-electron chi connectivity index (χ3n) is 4.58. The largest absolute Gasteiger partial charge is 0.503 e. The maximum atomic E-state index is 13.0. The molecule has 0 aliphatic carbocycles.